The smallest absolute Gasteiger partial charge is 0.332 e. The van der Waals surface area contributed by atoms with Crippen LogP contribution in [0.1, 0.15) is 19.5 Å². The first kappa shape index (κ1) is 14.9. The Labute approximate surface area is 121 Å². The quantitative estimate of drug-likeness (QED) is 0.616. The zero-order valence-corrected chi connectivity index (χ0v) is 12.5. The minimum Gasteiger partial charge on any atom is -0.368 e. The zero-order valence-electron chi connectivity index (χ0n) is 12.5. The predicted molar refractivity (Wildman–Crippen MR) is 76.9 cm³/mol. The molecule has 21 heavy (non-hydrogen) atoms. The molecule has 0 spiro atoms. The van der Waals surface area contributed by atoms with E-state index in [0.717, 1.165) is 0 Å². The summed E-state index contributed by atoms with van der Waals surface area (Å²) in [5.41, 5.74) is 4.65. The normalized spacial score (nSPS) is 18.0. The number of nitro groups is 1. The largest absolute Gasteiger partial charge is 0.368 e. The van der Waals surface area contributed by atoms with Gasteiger partial charge in [0.15, 0.2) is 0 Å². The van der Waals surface area contributed by atoms with E-state index in [9.17, 15) is 14.9 Å². The molecule has 1 fully saturated rings. The van der Waals surface area contributed by atoms with Crippen molar-refractivity contribution in [3.63, 3.8) is 0 Å². The minimum absolute atomic E-state index is 0.0460. The maximum atomic E-state index is 12.3. The Balaban J connectivity index is 2.61. The molecular weight excluding hydrogens is 276 g/mol. The van der Waals surface area contributed by atoms with Gasteiger partial charge in [-0.2, -0.15) is 4.98 Å². The number of aromatic nitrogens is 2. The van der Waals surface area contributed by atoms with Crippen molar-refractivity contribution in [1.82, 2.24) is 14.9 Å². The molecule has 9 heteroatoms. The number of nitrogen functional groups attached to an aromatic ring is 1. The number of piperazine rings is 1. The fourth-order valence-corrected chi connectivity index (χ4v) is 2.56. The van der Waals surface area contributed by atoms with Crippen LogP contribution in [0, 0.1) is 17.0 Å². The maximum Gasteiger partial charge on any atom is 0.332 e. The summed E-state index contributed by atoms with van der Waals surface area (Å²) in [6.07, 6.45) is 0. The lowest BCUT2D eigenvalue weighted by atomic mass is 9.97. The van der Waals surface area contributed by atoms with Crippen LogP contribution in [0.3, 0.4) is 0 Å². The van der Waals surface area contributed by atoms with E-state index in [1.54, 1.807) is 30.7 Å². The molecule has 0 unspecified atom stereocenters. The third-order valence-electron chi connectivity index (χ3n) is 3.70. The molecule has 1 saturated heterocycles. The topological polar surface area (TPSA) is 118 Å². The van der Waals surface area contributed by atoms with Gasteiger partial charge in [-0.05, 0) is 20.8 Å². The molecule has 2 N–H and O–H groups in total. The maximum absolute atomic E-state index is 12.3. The second-order valence-corrected chi connectivity index (χ2v) is 5.53. The molecular formula is C12H18N6O3. The fraction of sp³-hybridized carbons (Fsp3) is 0.583. The van der Waals surface area contributed by atoms with Gasteiger partial charge in [0.1, 0.15) is 11.2 Å². The molecule has 0 bridgehead atoms. The van der Waals surface area contributed by atoms with E-state index in [4.69, 9.17) is 5.73 Å². The number of nitrogens with zero attached hydrogens (tertiary/aromatic N) is 5. The van der Waals surface area contributed by atoms with Gasteiger partial charge in [-0.1, -0.05) is 0 Å². The first-order chi connectivity index (χ1) is 9.66. The molecule has 0 atom stereocenters. The molecule has 1 aromatic rings. The van der Waals surface area contributed by atoms with E-state index in [2.05, 4.69) is 9.97 Å². The first-order valence-electron chi connectivity index (χ1n) is 6.48. The van der Waals surface area contributed by atoms with Gasteiger partial charge in [-0.25, -0.2) is 4.98 Å². The molecule has 2 heterocycles. The van der Waals surface area contributed by atoms with Gasteiger partial charge in [0.2, 0.25) is 17.7 Å². The lowest BCUT2D eigenvalue weighted by Gasteiger charge is -2.45. The Kier molecular flexibility index (Phi) is 3.44. The molecule has 2 rings (SSSR count). The third kappa shape index (κ3) is 2.34. The average molecular weight is 294 g/mol. The second kappa shape index (κ2) is 4.83. The van der Waals surface area contributed by atoms with Gasteiger partial charge < -0.3 is 15.5 Å². The van der Waals surface area contributed by atoms with Gasteiger partial charge >= 0.3 is 5.69 Å². The van der Waals surface area contributed by atoms with E-state index in [1.165, 1.54) is 6.92 Å². The Morgan fingerprint density at radius 3 is 2.52 bits per heavy atom. The summed E-state index contributed by atoms with van der Waals surface area (Å²) < 4.78 is 0. The Morgan fingerprint density at radius 2 is 1.95 bits per heavy atom. The monoisotopic (exact) mass is 294 g/mol. The van der Waals surface area contributed by atoms with Crippen LogP contribution in [-0.4, -0.2) is 51.4 Å². The number of amides is 1. The van der Waals surface area contributed by atoms with Crippen molar-refractivity contribution in [3.8, 4) is 0 Å². The summed E-state index contributed by atoms with van der Waals surface area (Å²) in [5, 5.41) is 11.3. The number of rotatable bonds is 2. The van der Waals surface area contributed by atoms with Crippen molar-refractivity contribution >= 4 is 23.4 Å². The number of anilines is 2. The van der Waals surface area contributed by atoms with Gasteiger partial charge in [-0.15, -0.1) is 0 Å². The van der Waals surface area contributed by atoms with Crippen molar-refractivity contribution in [2.75, 3.05) is 30.8 Å². The van der Waals surface area contributed by atoms with Crippen molar-refractivity contribution < 1.29 is 9.72 Å². The highest BCUT2D eigenvalue weighted by Gasteiger charge is 2.44. The van der Waals surface area contributed by atoms with E-state index in [1.807, 2.05) is 0 Å². The fourth-order valence-electron chi connectivity index (χ4n) is 2.56. The standard InChI is InChI=1S/C12H18N6O3/c1-7-8(18(20)21)9(15-11(13)14-7)17-6-5-16(4)10(19)12(17,2)3/h5-6H2,1-4H3,(H2,13,14,15). The molecule has 114 valence electrons. The van der Waals surface area contributed by atoms with Crippen molar-refractivity contribution in [3.05, 3.63) is 15.8 Å². The molecule has 1 aromatic heterocycles. The molecule has 0 aliphatic carbocycles. The van der Waals surface area contributed by atoms with Gasteiger partial charge in [0.05, 0.1) is 4.92 Å². The number of hydrogen-bond acceptors (Lipinski definition) is 7. The van der Waals surface area contributed by atoms with Crippen LogP contribution in [0.2, 0.25) is 0 Å². The SMILES string of the molecule is Cc1nc(N)nc(N2CCN(C)C(=O)C2(C)C)c1[N+](=O)[O-]. The van der Waals surface area contributed by atoms with E-state index in [0.29, 0.717) is 13.1 Å². The number of nitrogens with two attached hydrogens (primary N) is 1. The lowest BCUT2D eigenvalue weighted by Crippen LogP contribution is -2.62. The Hall–Kier alpha value is -2.45. The predicted octanol–water partition coefficient (Wildman–Crippen LogP) is 0.332. The number of carbonyl (C=O) groups excluding carboxylic acids is 1. The van der Waals surface area contributed by atoms with Crippen molar-refractivity contribution in [1.29, 1.82) is 0 Å². The van der Waals surface area contributed by atoms with E-state index >= 15 is 0 Å². The Morgan fingerprint density at radius 1 is 1.33 bits per heavy atom. The molecule has 0 saturated carbocycles. The summed E-state index contributed by atoms with van der Waals surface area (Å²) >= 11 is 0. The number of likely N-dealkylation sites (N-methyl/N-ethyl adjacent to an activating group) is 1. The highest BCUT2D eigenvalue weighted by Crippen LogP contribution is 2.35. The van der Waals surface area contributed by atoms with Crippen molar-refractivity contribution in [2.45, 2.75) is 26.3 Å². The lowest BCUT2D eigenvalue weighted by molar-refractivity contribution is -0.385. The minimum atomic E-state index is -0.939. The number of hydrogen-bond donors (Lipinski definition) is 1. The molecule has 0 aromatic carbocycles. The highest BCUT2D eigenvalue weighted by atomic mass is 16.6. The molecule has 1 amide bonds. The van der Waals surface area contributed by atoms with Gasteiger partial charge in [0.25, 0.3) is 0 Å². The highest BCUT2D eigenvalue weighted by molar-refractivity contribution is 5.90. The molecule has 1 aliphatic heterocycles. The molecule has 9 nitrogen and oxygen atoms in total. The van der Waals surface area contributed by atoms with Crippen LogP contribution in [0.4, 0.5) is 17.5 Å². The summed E-state index contributed by atoms with van der Waals surface area (Å²) in [7, 11) is 1.70. The third-order valence-corrected chi connectivity index (χ3v) is 3.70. The average Bonchev–Trinajstić information content (AvgIpc) is 2.34. The summed E-state index contributed by atoms with van der Waals surface area (Å²) in [6, 6.07) is 0. The van der Waals surface area contributed by atoms with Crippen LogP contribution in [0.25, 0.3) is 0 Å². The van der Waals surface area contributed by atoms with E-state index < -0.39 is 10.5 Å². The summed E-state index contributed by atoms with van der Waals surface area (Å²) in [4.78, 5) is 34.2. The van der Waals surface area contributed by atoms with Crippen molar-refractivity contribution in [2.24, 2.45) is 0 Å². The van der Waals surface area contributed by atoms with Crippen LogP contribution >= 0.6 is 0 Å². The first-order valence-corrected chi connectivity index (χ1v) is 6.48. The Bertz CT molecular complexity index is 615. The van der Waals surface area contributed by atoms with Crippen LogP contribution < -0.4 is 10.6 Å². The molecule has 1 aliphatic rings. The van der Waals surface area contributed by atoms with E-state index in [-0.39, 0.29) is 29.1 Å². The number of carbonyl (C=O) groups is 1. The number of aryl methyl sites for hydroxylation is 1. The summed E-state index contributed by atoms with van der Waals surface area (Å²) in [6.45, 7) is 5.82. The zero-order chi connectivity index (χ0) is 15.9. The van der Waals surface area contributed by atoms with Gasteiger partial charge in [-0.3, -0.25) is 14.9 Å². The van der Waals surface area contributed by atoms with Crippen LogP contribution in [-0.2, 0) is 4.79 Å². The van der Waals surface area contributed by atoms with Crippen LogP contribution in [0.15, 0.2) is 0 Å². The second-order valence-electron chi connectivity index (χ2n) is 5.53. The van der Waals surface area contributed by atoms with Crippen LogP contribution in [0.5, 0.6) is 0 Å². The summed E-state index contributed by atoms with van der Waals surface area (Å²) in [5.74, 6) is -0.0791. The molecule has 0 radical (unpaired) electrons. The van der Waals surface area contributed by atoms with Gasteiger partial charge in [0, 0.05) is 20.1 Å².